The minimum absolute atomic E-state index is 0. The predicted octanol–water partition coefficient (Wildman–Crippen LogP) is 1.80. The van der Waals surface area contributed by atoms with Crippen LogP contribution in [0.2, 0.25) is 0 Å². The lowest BCUT2D eigenvalue weighted by atomic mass is 10.1. The van der Waals surface area contributed by atoms with Gasteiger partial charge in [-0.1, -0.05) is 0 Å². The minimum Gasteiger partial charge on any atom is -0.466 e. The first-order valence-corrected chi connectivity index (χ1v) is 5.75. The predicted molar refractivity (Wildman–Crippen MR) is 68.8 cm³/mol. The smallest absolute Gasteiger partial charge is 0.255 e. The topological polar surface area (TPSA) is 54.3 Å². The molecule has 0 saturated carbocycles. The molecule has 0 bridgehead atoms. The van der Waals surface area contributed by atoms with Crippen LogP contribution in [-0.4, -0.2) is 25.0 Å². The van der Waals surface area contributed by atoms with Gasteiger partial charge in [0.1, 0.15) is 11.5 Å². The number of carbonyl (C=O) groups is 1. The molecule has 17 heavy (non-hydrogen) atoms. The quantitative estimate of drug-likeness (QED) is 0.851. The summed E-state index contributed by atoms with van der Waals surface area (Å²) in [7, 11) is 0. The Labute approximate surface area is 108 Å². The van der Waals surface area contributed by atoms with Crippen molar-refractivity contribution >= 4 is 18.3 Å². The Balaban J connectivity index is 0.00000144. The Bertz CT molecular complexity index is 384. The third-order valence-electron chi connectivity index (χ3n) is 2.96. The maximum absolute atomic E-state index is 12.0. The maximum Gasteiger partial charge on any atom is 0.255 e. The Morgan fingerprint density at radius 3 is 2.59 bits per heavy atom. The first kappa shape index (κ1) is 14.1. The summed E-state index contributed by atoms with van der Waals surface area (Å²) in [5.41, 5.74) is 0.663. The second-order valence-electron chi connectivity index (χ2n) is 4.32. The van der Waals surface area contributed by atoms with E-state index in [0.717, 1.165) is 31.7 Å². The van der Waals surface area contributed by atoms with E-state index in [9.17, 15) is 4.79 Å². The van der Waals surface area contributed by atoms with Crippen molar-refractivity contribution in [1.82, 2.24) is 10.6 Å². The summed E-state index contributed by atoms with van der Waals surface area (Å²) in [6.45, 7) is 5.64. The van der Waals surface area contributed by atoms with Crippen LogP contribution in [0.15, 0.2) is 10.5 Å². The standard InChI is InChI=1S/C12H18N2O2.ClH/c1-8-7-11(9(2)16-8)12(15)14-10-3-5-13-6-4-10;/h7,10,13H,3-6H2,1-2H3,(H,14,15);1H. The van der Waals surface area contributed by atoms with Gasteiger partial charge in [0.25, 0.3) is 5.91 Å². The number of nitrogens with one attached hydrogen (secondary N) is 2. The van der Waals surface area contributed by atoms with Crippen molar-refractivity contribution in [2.75, 3.05) is 13.1 Å². The van der Waals surface area contributed by atoms with E-state index in [1.165, 1.54) is 0 Å². The van der Waals surface area contributed by atoms with Gasteiger partial charge in [-0.3, -0.25) is 4.79 Å². The lowest BCUT2D eigenvalue weighted by Crippen LogP contribution is -2.42. The molecule has 0 atom stereocenters. The van der Waals surface area contributed by atoms with E-state index < -0.39 is 0 Å². The van der Waals surface area contributed by atoms with Crippen LogP contribution >= 0.6 is 12.4 Å². The highest BCUT2D eigenvalue weighted by Gasteiger charge is 2.19. The van der Waals surface area contributed by atoms with Gasteiger partial charge in [0.05, 0.1) is 5.56 Å². The van der Waals surface area contributed by atoms with Gasteiger partial charge in [-0.05, 0) is 45.8 Å². The van der Waals surface area contributed by atoms with Crippen LogP contribution in [0.3, 0.4) is 0 Å². The first-order chi connectivity index (χ1) is 7.66. The molecule has 96 valence electrons. The van der Waals surface area contributed by atoms with E-state index >= 15 is 0 Å². The van der Waals surface area contributed by atoms with Crippen molar-refractivity contribution in [2.45, 2.75) is 32.7 Å². The van der Waals surface area contributed by atoms with Crippen molar-refractivity contribution in [2.24, 2.45) is 0 Å². The molecule has 1 aliphatic heterocycles. The molecule has 5 heteroatoms. The molecule has 1 aromatic rings. The van der Waals surface area contributed by atoms with E-state index in [0.29, 0.717) is 17.4 Å². The van der Waals surface area contributed by atoms with E-state index in [1.54, 1.807) is 6.07 Å². The van der Waals surface area contributed by atoms with Gasteiger partial charge in [0.2, 0.25) is 0 Å². The molecule has 1 amide bonds. The van der Waals surface area contributed by atoms with Gasteiger partial charge >= 0.3 is 0 Å². The van der Waals surface area contributed by atoms with Gasteiger partial charge in [-0.2, -0.15) is 0 Å². The Morgan fingerprint density at radius 2 is 2.06 bits per heavy atom. The summed E-state index contributed by atoms with van der Waals surface area (Å²) in [6.07, 6.45) is 2.00. The van der Waals surface area contributed by atoms with Crippen LogP contribution in [-0.2, 0) is 0 Å². The largest absolute Gasteiger partial charge is 0.466 e. The van der Waals surface area contributed by atoms with Gasteiger partial charge in [-0.15, -0.1) is 12.4 Å². The minimum atomic E-state index is -0.0127. The maximum atomic E-state index is 12.0. The number of furan rings is 1. The summed E-state index contributed by atoms with van der Waals surface area (Å²) in [5, 5.41) is 6.32. The highest BCUT2D eigenvalue weighted by Crippen LogP contribution is 2.14. The van der Waals surface area contributed by atoms with Crippen molar-refractivity contribution in [1.29, 1.82) is 0 Å². The van der Waals surface area contributed by atoms with Crippen LogP contribution in [0.4, 0.5) is 0 Å². The van der Waals surface area contributed by atoms with Gasteiger partial charge in [0, 0.05) is 6.04 Å². The number of piperidine rings is 1. The number of carbonyl (C=O) groups excluding carboxylic acids is 1. The fourth-order valence-corrected chi connectivity index (χ4v) is 2.09. The number of hydrogen-bond acceptors (Lipinski definition) is 3. The molecule has 2 heterocycles. The zero-order valence-corrected chi connectivity index (χ0v) is 11.0. The van der Waals surface area contributed by atoms with Crippen LogP contribution in [0, 0.1) is 13.8 Å². The average Bonchev–Trinajstić information content (AvgIpc) is 2.59. The van der Waals surface area contributed by atoms with Crippen LogP contribution < -0.4 is 10.6 Å². The van der Waals surface area contributed by atoms with E-state index in [1.807, 2.05) is 13.8 Å². The molecular weight excluding hydrogens is 240 g/mol. The summed E-state index contributed by atoms with van der Waals surface area (Å²) < 4.78 is 5.35. The van der Waals surface area contributed by atoms with E-state index in [4.69, 9.17) is 4.42 Å². The average molecular weight is 259 g/mol. The number of amides is 1. The second kappa shape index (κ2) is 6.07. The third-order valence-corrected chi connectivity index (χ3v) is 2.96. The highest BCUT2D eigenvalue weighted by atomic mass is 35.5. The summed E-state index contributed by atoms with van der Waals surface area (Å²) in [4.78, 5) is 12.0. The Morgan fingerprint density at radius 1 is 1.41 bits per heavy atom. The molecular formula is C12H19ClN2O2. The number of hydrogen-bond donors (Lipinski definition) is 2. The van der Waals surface area contributed by atoms with E-state index in [-0.39, 0.29) is 18.3 Å². The van der Waals surface area contributed by atoms with Gasteiger partial charge in [-0.25, -0.2) is 0 Å². The lowest BCUT2D eigenvalue weighted by Gasteiger charge is -2.23. The van der Waals surface area contributed by atoms with Gasteiger partial charge < -0.3 is 15.1 Å². The molecule has 0 aromatic carbocycles. The first-order valence-electron chi connectivity index (χ1n) is 5.75. The van der Waals surface area contributed by atoms with Crippen LogP contribution in [0.1, 0.15) is 34.7 Å². The van der Waals surface area contributed by atoms with Crippen molar-refractivity contribution in [3.8, 4) is 0 Å². The Kier molecular flexibility index (Phi) is 5.02. The van der Waals surface area contributed by atoms with Crippen molar-refractivity contribution in [3.05, 3.63) is 23.2 Å². The molecule has 1 aromatic heterocycles. The lowest BCUT2D eigenvalue weighted by molar-refractivity contribution is 0.0928. The Hall–Kier alpha value is -1.000. The molecule has 1 aliphatic rings. The monoisotopic (exact) mass is 258 g/mol. The molecule has 2 N–H and O–H groups in total. The van der Waals surface area contributed by atoms with Crippen LogP contribution in [0.5, 0.6) is 0 Å². The summed E-state index contributed by atoms with van der Waals surface area (Å²) in [5.74, 6) is 1.47. The number of aryl methyl sites for hydroxylation is 2. The molecule has 1 fully saturated rings. The normalized spacial score (nSPS) is 16.4. The molecule has 0 aliphatic carbocycles. The number of rotatable bonds is 2. The fourth-order valence-electron chi connectivity index (χ4n) is 2.09. The zero-order chi connectivity index (χ0) is 11.5. The highest BCUT2D eigenvalue weighted by molar-refractivity contribution is 5.95. The summed E-state index contributed by atoms with van der Waals surface area (Å²) >= 11 is 0. The molecule has 4 nitrogen and oxygen atoms in total. The molecule has 0 radical (unpaired) electrons. The SMILES string of the molecule is Cc1cc(C(=O)NC2CCNCC2)c(C)o1.Cl. The fraction of sp³-hybridized carbons (Fsp3) is 0.583. The second-order valence-corrected chi connectivity index (χ2v) is 4.32. The molecule has 1 saturated heterocycles. The zero-order valence-electron chi connectivity index (χ0n) is 10.2. The summed E-state index contributed by atoms with van der Waals surface area (Å²) in [6, 6.07) is 2.09. The molecule has 0 unspecified atom stereocenters. The molecule has 2 rings (SSSR count). The van der Waals surface area contributed by atoms with Crippen LogP contribution in [0.25, 0.3) is 0 Å². The number of halogens is 1. The van der Waals surface area contributed by atoms with Crippen molar-refractivity contribution in [3.63, 3.8) is 0 Å². The van der Waals surface area contributed by atoms with Gasteiger partial charge in [0.15, 0.2) is 0 Å². The third kappa shape index (κ3) is 3.48. The molecule has 0 spiro atoms. The van der Waals surface area contributed by atoms with E-state index in [2.05, 4.69) is 10.6 Å². The van der Waals surface area contributed by atoms with Crippen molar-refractivity contribution < 1.29 is 9.21 Å².